The van der Waals surface area contributed by atoms with Gasteiger partial charge in [0, 0.05) is 17.0 Å². The number of benzene rings is 1. The van der Waals surface area contributed by atoms with Gasteiger partial charge in [-0.15, -0.1) is 22.7 Å². The number of nitrogens with one attached hydrogen (secondary N) is 1. The third-order valence-corrected chi connectivity index (χ3v) is 7.14. The predicted octanol–water partition coefficient (Wildman–Crippen LogP) is 5.86. The van der Waals surface area contributed by atoms with Gasteiger partial charge in [-0.25, -0.2) is 0 Å². The van der Waals surface area contributed by atoms with Gasteiger partial charge < -0.3 is 10.2 Å². The van der Waals surface area contributed by atoms with Crippen LogP contribution >= 0.6 is 34.3 Å². The number of hydrogen-bond donors (Lipinski definition) is 1. The molecular weight excluding hydrogens is 412 g/mol. The van der Waals surface area contributed by atoms with Crippen molar-refractivity contribution in [3.8, 4) is 0 Å². The van der Waals surface area contributed by atoms with Gasteiger partial charge in [0.2, 0.25) is 0 Å². The molecular formula is C21H19ClN2O2S2. The number of nitrogens with zero attached hydrogens (tertiary/aromatic N) is 1. The second-order valence-corrected chi connectivity index (χ2v) is 8.95. The molecule has 1 aromatic carbocycles. The number of rotatable bonds is 4. The van der Waals surface area contributed by atoms with Gasteiger partial charge in [-0.05, 0) is 59.5 Å². The molecule has 4 rings (SSSR count). The van der Waals surface area contributed by atoms with E-state index in [0.29, 0.717) is 27.7 Å². The fraction of sp³-hybridized carbons (Fsp3) is 0.238. The molecule has 0 radical (unpaired) electrons. The van der Waals surface area contributed by atoms with Crippen molar-refractivity contribution in [3.05, 3.63) is 73.1 Å². The van der Waals surface area contributed by atoms with Gasteiger partial charge in [0.05, 0.1) is 21.6 Å². The number of anilines is 1. The van der Waals surface area contributed by atoms with E-state index >= 15 is 0 Å². The van der Waals surface area contributed by atoms with Crippen LogP contribution < -0.4 is 5.32 Å². The van der Waals surface area contributed by atoms with Crippen LogP contribution in [-0.4, -0.2) is 23.3 Å². The zero-order chi connectivity index (χ0) is 19.7. The van der Waals surface area contributed by atoms with Crippen molar-refractivity contribution < 1.29 is 9.59 Å². The molecule has 28 heavy (non-hydrogen) atoms. The first-order chi connectivity index (χ1) is 13.6. The Bertz CT molecular complexity index is 1010. The first-order valence-electron chi connectivity index (χ1n) is 9.10. The van der Waals surface area contributed by atoms with Crippen molar-refractivity contribution in [2.24, 2.45) is 0 Å². The fourth-order valence-electron chi connectivity index (χ4n) is 3.59. The van der Waals surface area contributed by atoms with E-state index in [4.69, 9.17) is 11.6 Å². The number of thiophene rings is 2. The highest BCUT2D eigenvalue weighted by Gasteiger charge is 2.31. The van der Waals surface area contributed by atoms with Gasteiger partial charge in [-0.2, -0.15) is 0 Å². The van der Waals surface area contributed by atoms with Crippen molar-refractivity contribution in [2.45, 2.75) is 25.8 Å². The summed E-state index contributed by atoms with van der Waals surface area (Å²) in [5, 5.41) is 7.17. The Morgan fingerprint density at radius 3 is 2.82 bits per heavy atom. The van der Waals surface area contributed by atoms with E-state index in [1.807, 2.05) is 16.3 Å². The fourth-order valence-corrected chi connectivity index (χ4v) is 5.30. The summed E-state index contributed by atoms with van der Waals surface area (Å²) >= 11 is 9.39. The molecule has 3 heterocycles. The average Bonchev–Trinajstić information content (AvgIpc) is 3.40. The van der Waals surface area contributed by atoms with E-state index in [2.05, 4.69) is 23.7 Å². The summed E-state index contributed by atoms with van der Waals surface area (Å²) < 4.78 is 0. The lowest BCUT2D eigenvalue weighted by atomic mass is 9.97. The quantitative estimate of drug-likeness (QED) is 0.563. The summed E-state index contributed by atoms with van der Waals surface area (Å²) in [6.07, 6.45) is 1.75. The van der Waals surface area contributed by atoms with E-state index < -0.39 is 0 Å². The van der Waals surface area contributed by atoms with Crippen LogP contribution in [0.1, 0.15) is 49.9 Å². The van der Waals surface area contributed by atoms with Gasteiger partial charge in [0.25, 0.3) is 11.8 Å². The van der Waals surface area contributed by atoms with E-state index in [0.717, 1.165) is 12.8 Å². The van der Waals surface area contributed by atoms with Gasteiger partial charge in [0.15, 0.2) is 0 Å². The standard InChI is InChI=1S/C21H19ClN2O2S2/c1-2-17-14-8-11-28-18(14)7-9-24(17)21(26)13-5-6-15(22)16(12-13)23-20(25)19-4-3-10-27-19/h3-6,8,10-12,17H,2,7,9H2,1H3,(H,23,25). The Kier molecular flexibility index (Phi) is 5.53. The summed E-state index contributed by atoms with van der Waals surface area (Å²) in [7, 11) is 0. The molecule has 1 aliphatic heterocycles. The molecule has 3 aromatic rings. The number of hydrogen-bond acceptors (Lipinski definition) is 4. The Hall–Kier alpha value is -2.15. The van der Waals surface area contributed by atoms with Crippen LogP contribution in [-0.2, 0) is 6.42 Å². The van der Waals surface area contributed by atoms with Gasteiger partial charge in [-0.3, -0.25) is 9.59 Å². The molecule has 1 atom stereocenters. The first-order valence-corrected chi connectivity index (χ1v) is 11.2. The number of amides is 2. The molecule has 0 fully saturated rings. The second kappa shape index (κ2) is 8.07. The lowest BCUT2D eigenvalue weighted by Gasteiger charge is -2.35. The average molecular weight is 431 g/mol. The summed E-state index contributed by atoms with van der Waals surface area (Å²) in [6, 6.07) is 10.8. The van der Waals surface area contributed by atoms with E-state index in [1.165, 1.54) is 21.8 Å². The molecule has 0 saturated heterocycles. The molecule has 0 bridgehead atoms. The normalized spacial score (nSPS) is 15.9. The highest BCUT2D eigenvalue weighted by molar-refractivity contribution is 7.12. The minimum atomic E-state index is -0.228. The van der Waals surface area contributed by atoms with E-state index in [-0.39, 0.29) is 17.9 Å². The third-order valence-electron chi connectivity index (χ3n) is 4.95. The van der Waals surface area contributed by atoms with Gasteiger partial charge >= 0.3 is 0 Å². The molecule has 0 saturated carbocycles. The maximum atomic E-state index is 13.3. The minimum Gasteiger partial charge on any atom is -0.331 e. The molecule has 2 aromatic heterocycles. The van der Waals surface area contributed by atoms with Crippen molar-refractivity contribution in [3.63, 3.8) is 0 Å². The second-order valence-electron chi connectivity index (χ2n) is 6.60. The summed E-state index contributed by atoms with van der Waals surface area (Å²) in [4.78, 5) is 29.5. The van der Waals surface area contributed by atoms with Gasteiger partial charge in [-0.1, -0.05) is 24.6 Å². The predicted molar refractivity (Wildman–Crippen MR) is 116 cm³/mol. The zero-order valence-electron chi connectivity index (χ0n) is 15.3. The smallest absolute Gasteiger partial charge is 0.265 e. The van der Waals surface area contributed by atoms with E-state index in [9.17, 15) is 9.59 Å². The molecule has 2 amide bonds. The molecule has 144 valence electrons. The summed E-state index contributed by atoms with van der Waals surface area (Å²) in [5.41, 5.74) is 2.24. The van der Waals surface area contributed by atoms with Crippen LogP contribution in [0.5, 0.6) is 0 Å². The molecule has 0 aliphatic carbocycles. The Morgan fingerprint density at radius 2 is 2.07 bits per heavy atom. The highest BCUT2D eigenvalue weighted by atomic mass is 35.5. The number of carbonyl (C=O) groups excluding carboxylic acids is 2. The third kappa shape index (κ3) is 3.60. The minimum absolute atomic E-state index is 0.0352. The zero-order valence-corrected chi connectivity index (χ0v) is 17.7. The number of halogens is 1. The van der Waals surface area contributed by atoms with Crippen LogP contribution in [0, 0.1) is 0 Å². The van der Waals surface area contributed by atoms with Crippen LogP contribution in [0.4, 0.5) is 5.69 Å². The van der Waals surface area contributed by atoms with Crippen molar-refractivity contribution >= 4 is 51.8 Å². The van der Waals surface area contributed by atoms with Crippen LogP contribution in [0.2, 0.25) is 5.02 Å². The Balaban J connectivity index is 1.59. The molecule has 1 aliphatic rings. The molecule has 1 N–H and O–H groups in total. The molecule has 0 spiro atoms. The maximum absolute atomic E-state index is 13.3. The van der Waals surface area contributed by atoms with Crippen molar-refractivity contribution in [1.82, 2.24) is 4.90 Å². The first kappa shape index (κ1) is 19.2. The number of carbonyl (C=O) groups is 2. The van der Waals surface area contributed by atoms with Crippen molar-refractivity contribution in [2.75, 3.05) is 11.9 Å². The lowest BCUT2D eigenvalue weighted by molar-refractivity contribution is 0.0657. The number of fused-ring (bicyclic) bond motifs is 1. The van der Waals surface area contributed by atoms with E-state index in [1.54, 1.807) is 35.6 Å². The summed E-state index contributed by atoms with van der Waals surface area (Å²) in [5.74, 6) is -0.263. The Morgan fingerprint density at radius 1 is 1.21 bits per heavy atom. The highest BCUT2D eigenvalue weighted by Crippen LogP contribution is 2.36. The lowest BCUT2D eigenvalue weighted by Crippen LogP contribution is -2.39. The van der Waals surface area contributed by atoms with Crippen molar-refractivity contribution in [1.29, 1.82) is 0 Å². The largest absolute Gasteiger partial charge is 0.331 e. The molecule has 7 heteroatoms. The van der Waals surface area contributed by atoms with Crippen LogP contribution in [0.15, 0.2) is 47.2 Å². The Labute approximate surface area is 176 Å². The monoisotopic (exact) mass is 430 g/mol. The van der Waals surface area contributed by atoms with Gasteiger partial charge in [0.1, 0.15) is 0 Å². The van der Waals surface area contributed by atoms with Crippen LogP contribution in [0.3, 0.4) is 0 Å². The molecule has 4 nitrogen and oxygen atoms in total. The molecule has 1 unspecified atom stereocenters. The summed E-state index contributed by atoms with van der Waals surface area (Å²) in [6.45, 7) is 2.80. The maximum Gasteiger partial charge on any atom is 0.265 e. The van der Waals surface area contributed by atoms with Crippen LogP contribution in [0.25, 0.3) is 0 Å². The topological polar surface area (TPSA) is 49.4 Å². The SMILES string of the molecule is CCC1c2ccsc2CCN1C(=O)c1ccc(Cl)c(NC(=O)c2cccs2)c1.